The minimum atomic E-state index is -3.53. The van der Waals surface area contributed by atoms with E-state index in [0.29, 0.717) is 13.0 Å². The predicted molar refractivity (Wildman–Crippen MR) is 77.9 cm³/mol. The summed E-state index contributed by atoms with van der Waals surface area (Å²) in [6, 6.07) is -0.873. The molecule has 0 radical (unpaired) electrons. The van der Waals surface area contributed by atoms with Gasteiger partial charge in [0, 0.05) is 13.7 Å². The standard InChI is InChI=1S/C13H27NO5S/c1-10(2)11(12(15)19-13(3,4)5)14-20(16,17)9-7-8-18-6/h10-11,14H,7-9H2,1-6H3/t11-/m1/s1. The number of esters is 1. The first kappa shape index (κ1) is 19.3. The number of carbonyl (C=O) groups excluding carboxylic acids is 1. The number of hydrogen-bond acceptors (Lipinski definition) is 5. The molecule has 0 fully saturated rings. The molecule has 6 nitrogen and oxygen atoms in total. The first-order valence-corrected chi connectivity index (χ1v) is 8.35. The van der Waals surface area contributed by atoms with Gasteiger partial charge in [-0.15, -0.1) is 0 Å². The molecule has 0 spiro atoms. The molecule has 0 aliphatic heterocycles. The average molecular weight is 309 g/mol. The fourth-order valence-electron chi connectivity index (χ4n) is 1.47. The Hall–Kier alpha value is -0.660. The minimum Gasteiger partial charge on any atom is -0.459 e. The van der Waals surface area contributed by atoms with Crippen LogP contribution in [0.2, 0.25) is 0 Å². The molecule has 0 rings (SSSR count). The van der Waals surface area contributed by atoms with E-state index >= 15 is 0 Å². The third-order valence-corrected chi connectivity index (χ3v) is 3.83. The van der Waals surface area contributed by atoms with Gasteiger partial charge >= 0.3 is 5.97 Å². The third-order valence-electron chi connectivity index (χ3n) is 2.40. The summed E-state index contributed by atoms with van der Waals surface area (Å²) in [6.45, 7) is 9.14. The molecule has 0 bridgehead atoms. The van der Waals surface area contributed by atoms with Crippen LogP contribution in [0.25, 0.3) is 0 Å². The maximum atomic E-state index is 12.0. The minimum absolute atomic E-state index is 0.0765. The fraction of sp³-hybridized carbons (Fsp3) is 0.923. The third kappa shape index (κ3) is 8.50. The zero-order valence-electron chi connectivity index (χ0n) is 13.2. The van der Waals surface area contributed by atoms with Gasteiger partial charge in [-0.3, -0.25) is 4.79 Å². The van der Waals surface area contributed by atoms with Gasteiger partial charge in [-0.1, -0.05) is 13.8 Å². The topological polar surface area (TPSA) is 81.7 Å². The van der Waals surface area contributed by atoms with Gasteiger partial charge in [0.25, 0.3) is 0 Å². The zero-order chi connectivity index (χ0) is 16.0. The monoisotopic (exact) mass is 309 g/mol. The maximum absolute atomic E-state index is 12.0. The second-order valence-electron chi connectivity index (χ2n) is 6.04. The van der Waals surface area contributed by atoms with Crippen LogP contribution < -0.4 is 4.72 Å². The van der Waals surface area contributed by atoms with E-state index in [1.165, 1.54) is 7.11 Å². The van der Waals surface area contributed by atoms with Crippen molar-refractivity contribution in [1.29, 1.82) is 0 Å². The van der Waals surface area contributed by atoms with Crippen molar-refractivity contribution in [1.82, 2.24) is 4.72 Å². The number of rotatable bonds is 8. The Labute approximate surface area is 122 Å². The van der Waals surface area contributed by atoms with Gasteiger partial charge in [0.15, 0.2) is 0 Å². The van der Waals surface area contributed by atoms with E-state index in [9.17, 15) is 13.2 Å². The van der Waals surface area contributed by atoms with E-state index in [4.69, 9.17) is 9.47 Å². The van der Waals surface area contributed by atoms with Crippen molar-refractivity contribution in [3.8, 4) is 0 Å². The zero-order valence-corrected chi connectivity index (χ0v) is 14.0. The van der Waals surface area contributed by atoms with Crippen LogP contribution in [0.3, 0.4) is 0 Å². The molecule has 0 heterocycles. The van der Waals surface area contributed by atoms with Gasteiger partial charge in [0.2, 0.25) is 10.0 Å². The molecule has 20 heavy (non-hydrogen) atoms. The Morgan fingerprint density at radius 1 is 1.25 bits per heavy atom. The molecule has 0 aromatic rings. The molecule has 0 amide bonds. The molecule has 0 unspecified atom stereocenters. The van der Waals surface area contributed by atoms with Crippen LogP contribution >= 0.6 is 0 Å². The predicted octanol–water partition coefficient (Wildman–Crippen LogP) is 1.31. The highest BCUT2D eigenvalue weighted by atomic mass is 32.2. The summed E-state index contributed by atoms with van der Waals surface area (Å²) in [7, 11) is -2.02. The summed E-state index contributed by atoms with van der Waals surface area (Å²) in [5, 5.41) is 0. The first-order valence-electron chi connectivity index (χ1n) is 6.70. The van der Waals surface area contributed by atoms with Gasteiger partial charge in [0.1, 0.15) is 11.6 Å². The molecular weight excluding hydrogens is 282 g/mol. The Bertz CT molecular complexity index is 397. The summed E-state index contributed by atoms with van der Waals surface area (Å²) in [5.41, 5.74) is -0.647. The lowest BCUT2D eigenvalue weighted by Gasteiger charge is -2.26. The molecule has 0 aliphatic rings. The van der Waals surface area contributed by atoms with Crippen molar-refractivity contribution >= 4 is 16.0 Å². The van der Waals surface area contributed by atoms with Crippen molar-refractivity contribution in [2.24, 2.45) is 5.92 Å². The number of nitrogens with one attached hydrogen (secondary N) is 1. The smallest absolute Gasteiger partial charge is 0.324 e. The van der Waals surface area contributed by atoms with Crippen molar-refractivity contribution in [2.45, 2.75) is 52.7 Å². The fourth-order valence-corrected chi connectivity index (χ4v) is 2.84. The van der Waals surface area contributed by atoms with Gasteiger partial charge in [-0.05, 0) is 33.1 Å². The van der Waals surface area contributed by atoms with E-state index < -0.39 is 27.6 Å². The normalized spacial score (nSPS) is 14.3. The van der Waals surface area contributed by atoms with Gasteiger partial charge in [-0.25, -0.2) is 13.1 Å². The molecule has 1 N–H and O–H groups in total. The summed E-state index contributed by atoms with van der Waals surface area (Å²) >= 11 is 0. The Morgan fingerprint density at radius 2 is 1.80 bits per heavy atom. The van der Waals surface area contributed by atoms with E-state index in [2.05, 4.69) is 4.72 Å². The van der Waals surface area contributed by atoms with Crippen molar-refractivity contribution in [3.63, 3.8) is 0 Å². The largest absolute Gasteiger partial charge is 0.459 e. The van der Waals surface area contributed by atoms with Crippen LogP contribution in [0.4, 0.5) is 0 Å². The molecule has 0 aromatic heterocycles. The van der Waals surface area contributed by atoms with Crippen LogP contribution in [0.15, 0.2) is 0 Å². The molecular formula is C13H27NO5S. The van der Waals surface area contributed by atoms with E-state index in [0.717, 1.165) is 0 Å². The lowest BCUT2D eigenvalue weighted by atomic mass is 10.1. The van der Waals surface area contributed by atoms with Gasteiger partial charge < -0.3 is 9.47 Å². The van der Waals surface area contributed by atoms with E-state index in [-0.39, 0.29) is 11.7 Å². The van der Waals surface area contributed by atoms with Crippen molar-refractivity contribution in [2.75, 3.05) is 19.5 Å². The molecule has 0 aromatic carbocycles. The summed E-state index contributed by atoms with van der Waals surface area (Å²) < 4.78 is 36.3. The Kier molecular flexibility index (Phi) is 7.69. The highest BCUT2D eigenvalue weighted by molar-refractivity contribution is 7.89. The quantitative estimate of drug-likeness (QED) is 0.540. The number of hydrogen-bond donors (Lipinski definition) is 1. The van der Waals surface area contributed by atoms with Gasteiger partial charge in [-0.2, -0.15) is 0 Å². The average Bonchev–Trinajstić information content (AvgIpc) is 2.23. The highest BCUT2D eigenvalue weighted by Crippen LogP contribution is 2.13. The van der Waals surface area contributed by atoms with E-state index in [1.807, 2.05) is 0 Å². The van der Waals surface area contributed by atoms with Crippen LogP contribution in [-0.2, 0) is 24.3 Å². The molecule has 7 heteroatoms. The molecule has 0 saturated carbocycles. The lowest BCUT2D eigenvalue weighted by Crippen LogP contribution is -2.47. The SMILES string of the molecule is COCCCS(=O)(=O)N[C@@H](C(=O)OC(C)(C)C)C(C)C. The first-order chi connectivity index (χ1) is 8.98. The molecule has 0 aliphatic carbocycles. The number of carbonyl (C=O) groups is 1. The summed E-state index contributed by atoms with van der Waals surface area (Å²) in [4.78, 5) is 12.0. The number of methoxy groups -OCH3 is 1. The second-order valence-corrected chi connectivity index (χ2v) is 7.91. The molecule has 120 valence electrons. The number of sulfonamides is 1. The van der Waals surface area contributed by atoms with Crippen LogP contribution in [-0.4, -0.2) is 45.5 Å². The lowest BCUT2D eigenvalue weighted by molar-refractivity contribution is -0.158. The van der Waals surface area contributed by atoms with Crippen LogP contribution in [0.1, 0.15) is 41.0 Å². The molecule has 0 saturated heterocycles. The Balaban J connectivity index is 4.74. The van der Waals surface area contributed by atoms with Gasteiger partial charge in [0.05, 0.1) is 5.75 Å². The van der Waals surface area contributed by atoms with Crippen molar-refractivity contribution in [3.05, 3.63) is 0 Å². The summed E-state index contributed by atoms with van der Waals surface area (Å²) in [5.74, 6) is -0.822. The van der Waals surface area contributed by atoms with E-state index in [1.54, 1.807) is 34.6 Å². The maximum Gasteiger partial charge on any atom is 0.324 e. The van der Waals surface area contributed by atoms with Crippen molar-refractivity contribution < 1.29 is 22.7 Å². The highest BCUT2D eigenvalue weighted by Gasteiger charge is 2.31. The second kappa shape index (κ2) is 7.95. The molecule has 1 atom stereocenters. The summed E-state index contributed by atoms with van der Waals surface area (Å²) in [6.07, 6.45) is 0.380. The number of ether oxygens (including phenoxy) is 2. The van der Waals surface area contributed by atoms with Crippen LogP contribution in [0, 0.1) is 5.92 Å². The Morgan fingerprint density at radius 3 is 2.20 bits per heavy atom. The van der Waals surface area contributed by atoms with Crippen LogP contribution in [0.5, 0.6) is 0 Å².